The molecule has 4 nitrogen and oxygen atoms in total. The predicted molar refractivity (Wildman–Crippen MR) is 105 cm³/mol. The van der Waals surface area contributed by atoms with Gasteiger partial charge in [0, 0.05) is 23.0 Å². The summed E-state index contributed by atoms with van der Waals surface area (Å²) < 4.78 is 5.85. The molecule has 0 atom stereocenters. The zero-order chi connectivity index (χ0) is 17.3. The molecule has 138 valence electrons. The Balaban J connectivity index is 0.00000225. The Bertz CT molecular complexity index is 745. The van der Waals surface area contributed by atoms with Crippen LogP contribution in [0.2, 0.25) is 0 Å². The molecular formula is C20H29ClN2O2. The van der Waals surface area contributed by atoms with Gasteiger partial charge in [-0.15, -0.1) is 12.4 Å². The van der Waals surface area contributed by atoms with E-state index in [2.05, 4.69) is 30.4 Å². The van der Waals surface area contributed by atoms with Crippen LogP contribution in [0.15, 0.2) is 22.6 Å². The molecule has 1 aromatic heterocycles. The number of amides is 1. The zero-order valence-electron chi connectivity index (χ0n) is 15.6. The number of rotatable bonds is 4. The standard InChI is InChI=1S/C20H28N2O2.ClH/c1-14-8-9-16-15(2)18(24-17(16)12-14)19(23)21-13-20(22(3)4)10-6-5-7-11-20;/h8-9,12H,5-7,10-11,13H2,1-4H3,(H,21,23);1H. The van der Waals surface area contributed by atoms with Crippen molar-refractivity contribution in [3.05, 3.63) is 35.1 Å². The van der Waals surface area contributed by atoms with Gasteiger partial charge in [0.05, 0.1) is 0 Å². The Kier molecular flexibility index (Phi) is 6.17. The van der Waals surface area contributed by atoms with Crippen LogP contribution >= 0.6 is 12.4 Å². The Labute approximate surface area is 156 Å². The number of nitrogens with one attached hydrogen (secondary N) is 1. The number of furan rings is 1. The molecule has 3 rings (SSSR count). The molecule has 0 spiro atoms. The minimum absolute atomic E-state index is 0. The van der Waals surface area contributed by atoms with Crippen LogP contribution in [0.1, 0.15) is 53.8 Å². The highest BCUT2D eigenvalue weighted by molar-refractivity contribution is 5.99. The quantitative estimate of drug-likeness (QED) is 0.870. The maximum atomic E-state index is 12.7. The lowest BCUT2D eigenvalue weighted by Crippen LogP contribution is -2.53. The minimum atomic E-state index is -0.104. The molecule has 0 unspecified atom stereocenters. The van der Waals surface area contributed by atoms with E-state index in [4.69, 9.17) is 4.42 Å². The Morgan fingerprint density at radius 1 is 1.20 bits per heavy atom. The largest absolute Gasteiger partial charge is 0.451 e. The topological polar surface area (TPSA) is 45.5 Å². The molecule has 5 heteroatoms. The summed E-state index contributed by atoms with van der Waals surface area (Å²) in [5.74, 6) is 0.341. The fourth-order valence-electron chi connectivity index (χ4n) is 3.87. The Morgan fingerprint density at radius 3 is 2.52 bits per heavy atom. The fourth-order valence-corrected chi connectivity index (χ4v) is 3.87. The van der Waals surface area contributed by atoms with Gasteiger partial charge in [0.2, 0.25) is 0 Å². The first-order valence-electron chi connectivity index (χ1n) is 8.88. The zero-order valence-corrected chi connectivity index (χ0v) is 16.5. The fraction of sp³-hybridized carbons (Fsp3) is 0.550. The number of carbonyl (C=O) groups is 1. The van der Waals surface area contributed by atoms with Gasteiger partial charge < -0.3 is 14.6 Å². The third-order valence-electron chi connectivity index (χ3n) is 5.61. The van der Waals surface area contributed by atoms with Crippen LogP contribution in [-0.4, -0.2) is 37.0 Å². The molecule has 1 saturated carbocycles. The van der Waals surface area contributed by atoms with Crippen molar-refractivity contribution in [1.29, 1.82) is 0 Å². The van der Waals surface area contributed by atoms with Crippen LogP contribution in [0.4, 0.5) is 0 Å². The average Bonchev–Trinajstić information content (AvgIpc) is 2.89. The van der Waals surface area contributed by atoms with E-state index in [0.717, 1.165) is 34.9 Å². The number of aryl methyl sites for hydroxylation is 2. The van der Waals surface area contributed by atoms with E-state index in [1.165, 1.54) is 19.3 Å². The predicted octanol–water partition coefficient (Wildman–Crippen LogP) is 4.47. The van der Waals surface area contributed by atoms with E-state index in [1.54, 1.807) is 0 Å². The molecule has 25 heavy (non-hydrogen) atoms. The van der Waals surface area contributed by atoms with Gasteiger partial charge in [-0.1, -0.05) is 31.4 Å². The highest BCUT2D eigenvalue weighted by Crippen LogP contribution is 2.32. The van der Waals surface area contributed by atoms with Crippen LogP contribution in [0.25, 0.3) is 11.0 Å². The number of hydrogen-bond acceptors (Lipinski definition) is 3. The van der Waals surface area contributed by atoms with E-state index >= 15 is 0 Å². The van der Waals surface area contributed by atoms with Crippen LogP contribution in [-0.2, 0) is 0 Å². The van der Waals surface area contributed by atoms with Crippen molar-refractivity contribution < 1.29 is 9.21 Å². The molecule has 0 bridgehead atoms. The second kappa shape index (κ2) is 7.79. The van der Waals surface area contributed by atoms with Gasteiger partial charge in [-0.25, -0.2) is 0 Å². The molecule has 0 aliphatic heterocycles. The molecule has 1 heterocycles. The summed E-state index contributed by atoms with van der Waals surface area (Å²) in [4.78, 5) is 15.0. The summed E-state index contributed by atoms with van der Waals surface area (Å²) >= 11 is 0. The van der Waals surface area contributed by atoms with E-state index < -0.39 is 0 Å². The smallest absolute Gasteiger partial charge is 0.287 e. The number of likely N-dealkylation sites (N-methyl/N-ethyl adjacent to an activating group) is 1. The number of benzene rings is 1. The van der Waals surface area contributed by atoms with Gasteiger partial charge in [-0.3, -0.25) is 4.79 Å². The van der Waals surface area contributed by atoms with Crippen molar-refractivity contribution in [2.75, 3.05) is 20.6 Å². The van der Waals surface area contributed by atoms with Gasteiger partial charge in [-0.05, 0) is 52.4 Å². The molecular weight excluding hydrogens is 336 g/mol. The van der Waals surface area contributed by atoms with E-state index in [-0.39, 0.29) is 23.9 Å². The molecule has 1 N–H and O–H groups in total. The minimum Gasteiger partial charge on any atom is -0.451 e. The molecule has 0 radical (unpaired) electrons. The monoisotopic (exact) mass is 364 g/mol. The maximum absolute atomic E-state index is 12.7. The van der Waals surface area contributed by atoms with Gasteiger partial charge in [-0.2, -0.15) is 0 Å². The highest BCUT2D eigenvalue weighted by atomic mass is 35.5. The van der Waals surface area contributed by atoms with Crippen LogP contribution in [0, 0.1) is 13.8 Å². The first-order valence-corrected chi connectivity index (χ1v) is 8.88. The third kappa shape index (κ3) is 3.85. The Hall–Kier alpha value is -1.52. The SMILES string of the molecule is Cc1ccc2c(C)c(C(=O)NCC3(N(C)C)CCCCC3)oc2c1.Cl. The van der Waals surface area contributed by atoms with Crippen LogP contribution in [0.5, 0.6) is 0 Å². The normalized spacial score (nSPS) is 16.7. The second-order valence-electron chi connectivity index (χ2n) is 7.42. The molecule has 2 aromatic rings. The second-order valence-corrected chi connectivity index (χ2v) is 7.42. The highest BCUT2D eigenvalue weighted by Gasteiger charge is 2.34. The first-order chi connectivity index (χ1) is 11.4. The van der Waals surface area contributed by atoms with Crippen LogP contribution in [0.3, 0.4) is 0 Å². The van der Waals surface area contributed by atoms with Gasteiger partial charge in [0.15, 0.2) is 5.76 Å². The van der Waals surface area contributed by atoms with Gasteiger partial charge in [0.25, 0.3) is 5.91 Å². The first kappa shape index (κ1) is 19.8. The summed E-state index contributed by atoms with van der Waals surface area (Å²) in [6, 6.07) is 6.07. The number of nitrogens with zero attached hydrogens (tertiary/aromatic N) is 1. The lowest BCUT2D eigenvalue weighted by Gasteiger charge is -2.43. The summed E-state index contributed by atoms with van der Waals surface area (Å²) in [6.45, 7) is 4.66. The number of carbonyl (C=O) groups excluding carboxylic acids is 1. The van der Waals surface area contributed by atoms with E-state index in [9.17, 15) is 4.79 Å². The van der Waals surface area contributed by atoms with E-state index in [0.29, 0.717) is 12.3 Å². The molecule has 1 aromatic carbocycles. The molecule has 1 aliphatic carbocycles. The van der Waals surface area contributed by atoms with E-state index in [1.807, 2.05) is 26.0 Å². The summed E-state index contributed by atoms with van der Waals surface area (Å²) in [5, 5.41) is 4.15. The number of halogens is 1. The lowest BCUT2D eigenvalue weighted by atomic mass is 9.80. The van der Waals surface area contributed by atoms with Crippen molar-refractivity contribution in [3.63, 3.8) is 0 Å². The number of fused-ring (bicyclic) bond motifs is 1. The molecule has 1 fully saturated rings. The summed E-state index contributed by atoms with van der Waals surface area (Å²) in [6.07, 6.45) is 6.04. The molecule has 0 saturated heterocycles. The van der Waals surface area contributed by atoms with Crippen molar-refractivity contribution in [1.82, 2.24) is 10.2 Å². The number of hydrogen-bond donors (Lipinski definition) is 1. The lowest BCUT2D eigenvalue weighted by molar-refractivity contribution is 0.0780. The van der Waals surface area contributed by atoms with Gasteiger partial charge in [0.1, 0.15) is 5.58 Å². The van der Waals surface area contributed by atoms with Crippen molar-refractivity contribution >= 4 is 29.3 Å². The van der Waals surface area contributed by atoms with Crippen molar-refractivity contribution in [2.45, 2.75) is 51.5 Å². The maximum Gasteiger partial charge on any atom is 0.287 e. The third-order valence-corrected chi connectivity index (χ3v) is 5.61. The Morgan fingerprint density at radius 2 is 1.88 bits per heavy atom. The summed E-state index contributed by atoms with van der Waals surface area (Å²) in [7, 11) is 4.24. The van der Waals surface area contributed by atoms with Crippen molar-refractivity contribution in [2.24, 2.45) is 0 Å². The van der Waals surface area contributed by atoms with Crippen LogP contribution < -0.4 is 5.32 Å². The average molecular weight is 365 g/mol. The van der Waals surface area contributed by atoms with Gasteiger partial charge >= 0.3 is 0 Å². The summed E-state index contributed by atoms with van der Waals surface area (Å²) in [5.41, 5.74) is 2.92. The molecule has 1 aliphatic rings. The molecule has 1 amide bonds. The van der Waals surface area contributed by atoms with Crippen molar-refractivity contribution in [3.8, 4) is 0 Å².